The molecule has 2 aromatic rings. The number of aromatic nitrogens is 1. The minimum atomic E-state index is -0.424. The monoisotopic (exact) mass is 285 g/mol. The zero-order chi connectivity index (χ0) is 15.1. The molecule has 0 bridgehead atoms. The minimum absolute atomic E-state index is 0.0183. The predicted octanol–water partition coefficient (Wildman–Crippen LogP) is 1.95. The number of phenols is 1. The molecule has 0 aliphatic rings. The number of nitrogens with one attached hydrogen (secondary N) is 1. The van der Waals surface area contributed by atoms with Crippen LogP contribution in [0.1, 0.15) is 23.0 Å². The highest BCUT2D eigenvalue weighted by Gasteiger charge is 2.07. The fourth-order valence-corrected chi connectivity index (χ4v) is 1.63. The molecule has 0 saturated carbocycles. The molecule has 6 nitrogen and oxygen atoms in total. The van der Waals surface area contributed by atoms with Crippen LogP contribution in [0.3, 0.4) is 0 Å². The van der Waals surface area contributed by atoms with Gasteiger partial charge in [-0.25, -0.2) is 5.43 Å². The molecule has 1 amide bonds. The molecule has 2 N–H and O–H groups in total. The SMILES string of the molecule is CCOc1cccc(/C=N/NC(=O)c2ccccn2)c1O. The molecule has 0 aliphatic carbocycles. The van der Waals surface area contributed by atoms with E-state index in [4.69, 9.17) is 4.74 Å². The van der Waals surface area contributed by atoms with Crippen LogP contribution < -0.4 is 10.2 Å². The first-order valence-corrected chi connectivity index (χ1v) is 6.41. The number of ether oxygens (including phenoxy) is 1. The van der Waals surface area contributed by atoms with Gasteiger partial charge in [-0.15, -0.1) is 0 Å². The molecule has 0 fully saturated rings. The molecule has 1 heterocycles. The van der Waals surface area contributed by atoms with Crippen LogP contribution in [-0.2, 0) is 0 Å². The van der Waals surface area contributed by atoms with Crippen LogP contribution in [0, 0.1) is 0 Å². The zero-order valence-electron chi connectivity index (χ0n) is 11.5. The largest absolute Gasteiger partial charge is 0.504 e. The lowest BCUT2D eigenvalue weighted by Crippen LogP contribution is -2.18. The van der Waals surface area contributed by atoms with Crippen molar-refractivity contribution in [3.63, 3.8) is 0 Å². The van der Waals surface area contributed by atoms with E-state index < -0.39 is 5.91 Å². The molecular weight excluding hydrogens is 270 g/mol. The normalized spacial score (nSPS) is 10.5. The Labute approximate surface area is 122 Å². The smallest absolute Gasteiger partial charge is 0.289 e. The third-order valence-electron chi connectivity index (χ3n) is 2.60. The summed E-state index contributed by atoms with van der Waals surface area (Å²) in [6.45, 7) is 2.28. The summed E-state index contributed by atoms with van der Waals surface area (Å²) in [6.07, 6.45) is 2.87. The van der Waals surface area contributed by atoms with Gasteiger partial charge >= 0.3 is 0 Å². The van der Waals surface area contributed by atoms with Gasteiger partial charge in [0.05, 0.1) is 12.8 Å². The number of phenolic OH excluding ortho intramolecular Hbond substituents is 1. The molecule has 1 aromatic heterocycles. The highest BCUT2D eigenvalue weighted by atomic mass is 16.5. The van der Waals surface area contributed by atoms with Gasteiger partial charge in [-0.2, -0.15) is 5.10 Å². The van der Waals surface area contributed by atoms with E-state index in [-0.39, 0.29) is 11.4 Å². The highest BCUT2D eigenvalue weighted by Crippen LogP contribution is 2.28. The topological polar surface area (TPSA) is 83.8 Å². The molecule has 0 saturated heterocycles. The fraction of sp³-hybridized carbons (Fsp3) is 0.133. The quantitative estimate of drug-likeness (QED) is 0.649. The van der Waals surface area contributed by atoms with E-state index in [0.717, 1.165) is 0 Å². The van der Waals surface area contributed by atoms with Crippen molar-refractivity contribution in [2.75, 3.05) is 6.61 Å². The van der Waals surface area contributed by atoms with Gasteiger partial charge in [-0.05, 0) is 31.2 Å². The van der Waals surface area contributed by atoms with E-state index in [9.17, 15) is 9.90 Å². The summed E-state index contributed by atoms with van der Waals surface area (Å²) in [4.78, 5) is 15.6. The van der Waals surface area contributed by atoms with E-state index in [1.165, 1.54) is 12.4 Å². The fourth-order valence-electron chi connectivity index (χ4n) is 1.63. The number of pyridine rings is 1. The van der Waals surface area contributed by atoms with E-state index in [1.54, 1.807) is 36.4 Å². The molecule has 0 radical (unpaired) electrons. The van der Waals surface area contributed by atoms with Crippen LogP contribution in [-0.4, -0.2) is 28.8 Å². The number of benzene rings is 1. The molecular formula is C15H15N3O3. The Morgan fingerprint density at radius 2 is 2.24 bits per heavy atom. The molecule has 108 valence electrons. The number of para-hydroxylation sites is 1. The summed E-state index contributed by atoms with van der Waals surface area (Å²) in [7, 11) is 0. The van der Waals surface area contributed by atoms with Crippen LogP contribution in [0.5, 0.6) is 11.5 Å². The lowest BCUT2D eigenvalue weighted by Gasteiger charge is -2.07. The second kappa shape index (κ2) is 7.04. The first kappa shape index (κ1) is 14.5. The zero-order valence-corrected chi connectivity index (χ0v) is 11.5. The Bertz CT molecular complexity index is 642. The van der Waals surface area contributed by atoms with Crippen molar-refractivity contribution in [3.05, 3.63) is 53.9 Å². The van der Waals surface area contributed by atoms with Crippen molar-refractivity contribution in [1.82, 2.24) is 10.4 Å². The Kier molecular flexibility index (Phi) is 4.87. The number of hydrogen-bond acceptors (Lipinski definition) is 5. The first-order valence-electron chi connectivity index (χ1n) is 6.41. The summed E-state index contributed by atoms with van der Waals surface area (Å²) < 4.78 is 5.27. The van der Waals surface area contributed by atoms with Crippen molar-refractivity contribution >= 4 is 12.1 Å². The van der Waals surface area contributed by atoms with Gasteiger partial charge in [0.1, 0.15) is 5.69 Å². The molecule has 2 rings (SSSR count). The van der Waals surface area contributed by atoms with Gasteiger partial charge in [0.2, 0.25) is 0 Å². The van der Waals surface area contributed by atoms with E-state index in [2.05, 4.69) is 15.5 Å². The summed E-state index contributed by atoms with van der Waals surface area (Å²) >= 11 is 0. The second-order valence-corrected chi connectivity index (χ2v) is 4.04. The average molecular weight is 285 g/mol. The number of nitrogens with zero attached hydrogens (tertiary/aromatic N) is 2. The van der Waals surface area contributed by atoms with Crippen molar-refractivity contribution in [2.45, 2.75) is 6.92 Å². The number of aromatic hydroxyl groups is 1. The number of carbonyl (C=O) groups excluding carboxylic acids is 1. The van der Waals surface area contributed by atoms with Crippen LogP contribution >= 0.6 is 0 Å². The van der Waals surface area contributed by atoms with Gasteiger partial charge < -0.3 is 9.84 Å². The van der Waals surface area contributed by atoms with Crippen molar-refractivity contribution in [3.8, 4) is 11.5 Å². The highest BCUT2D eigenvalue weighted by molar-refractivity contribution is 5.93. The molecule has 1 aromatic carbocycles. The Morgan fingerprint density at radius 3 is 2.95 bits per heavy atom. The molecule has 21 heavy (non-hydrogen) atoms. The van der Waals surface area contributed by atoms with Crippen molar-refractivity contribution < 1.29 is 14.6 Å². The van der Waals surface area contributed by atoms with Crippen LogP contribution in [0.25, 0.3) is 0 Å². The van der Waals surface area contributed by atoms with E-state index in [0.29, 0.717) is 17.9 Å². The number of carbonyl (C=O) groups is 1. The van der Waals surface area contributed by atoms with Gasteiger partial charge in [-0.3, -0.25) is 9.78 Å². The molecule has 0 unspecified atom stereocenters. The average Bonchev–Trinajstić information content (AvgIpc) is 2.52. The number of hydrogen-bond donors (Lipinski definition) is 2. The summed E-state index contributed by atoms with van der Waals surface area (Å²) in [6, 6.07) is 10.1. The summed E-state index contributed by atoms with van der Waals surface area (Å²) in [5.41, 5.74) is 3.05. The van der Waals surface area contributed by atoms with E-state index in [1.807, 2.05) is 6.92 Å². The van der Waals surface area contributed by atoms with E-state index >= 15 is 0 Å². The lowest BCUT2D eigenvalue weighted by molar-refractivity contribution is 0.0950. The van der Waals surface area contributed by atoms with Crippen LogP contribution in [0.15, 0.2) is 47.7 Å². The molecule has 0 aliphatic heterocycles. The number of amides is 1. The molecule has 0 atom stereocenters. The van der Waals surface area contributed by atoms with Gasteiger partial charge in [0.25, 0.3) is 5.91 Å². The Morgan fingerprint density at radius 1 is 1.38 bits per heavy atom. The predicted molar refractivity (Wildman–Crippen MR) is 78.6 cm³/mol. The van der Waals surface area contributed by atoms with Crippen molar-refractivity contribution in [2.24, 2.45) is 5.10 Å². The van der Waals surface area contributed by atoms with Gasteiger partial charge in [0, 0.05) is 11.8 Å². The summed E-state index contributed by atoms with van der Waals surface area (Å²) in [5, 5.41) is 13.8. The van der Waals surface area contributed by atoms with Crippen LogP contribution in [0.4, 0.5) is 0 Å². The molecule has 6 heteroatoms. The van der Waals surface area contributed by atoms with Gasteiger partial charge in [0.15, 0.2) is 11.5 Å². The maximum absolute atomic E-state index is 11.7. The Balaban J connectivity index is 2.05. The first-order chi connectivity index (χ1) is 10.2. The lowest BCUT2D eigenvalue weighted by atomic mass is 10.2. The molecule has 0 spiro atoms. The second-order valence-electron chi connectivity index (χ2n) is 4.04. The maximum atomic E-state index is 11.7. The standard InChI is InChI=1S/C15H15N3O3/c1-2-21-13-8-5-6-11(14(13)19)10-17-18-15(20)12-7-3-4-9-16-12/h3-10,19H,2H2,1H3,(H,18,20)/b17-10+. The van der Waals surface area contributed by atoms with Crippen LogP contribution in [0.2, 0.25) is 0 Å². The number of hydrazone groups is 1. The van der Waals surface area contributed by atoms with Gasteiger partial charge in [-0.1, -0.05) is 12.1 Å². The van der Waals surface area contributed by atoms with Crippen molar-refractivity contribution in [1.29, 1.82) is 0 Å². The minimum Gasteiger partial charge on any atom is -0.504 e. The summed E-state index contributed by atoms with van der Waals surface area (Å²) in [5.74, 6) is -0.0695. The number of rotatable bonds is 5. The maximum Gasteiger partial charge on any atom is 0.289 e. The third-order valence-corrected chi connectivity index (χ3v) is 2.60. The Hall–Kier alpha value is -2.89. The third kappa shape index (κ3) is 3.79.